The minimum atomic E-state index is -0.727. The van der Waals surface area contributed by atoms with Gasteiger partial charge in [-0.15, -0.1) is 10.2 Å². The summed E-state index contributed by atoms with van der Waals surface area (Å²) in [5, 5.41) is 7.95. The molecule has 1 atom stereocenters. The maximum atomic E-state index is 12.2. The zero-order chi connectivity index (χ0) is 21.1. The summed E-state index contributed by atoms with van der Waals surface area (Å²) >= 11 is 0. The number of esters is 1. The first kappa shape index (κ1) is 19.4. The lowest BCUT2D eigenvalue weighted by atomic mass is 10.2. The van der Waals surface area contributed by atoms with Crippen LogP contribution in [0.4, 0.5) is 0 Å². The highest BCUT2D eigenvalue weighted by molar-refractivity contribution is 5.73. The standard InChI is InChI=1S/C21H19N3O6/c1-13(19-22-23-20(30-19)14-7-9-15(27-2)10-8-14)28-18(25)11-12-24-16-5-3-4-6-17(16)29-21(24)26/h3-10,13H,11-12H2,1-2H3/t13-/m1/s1. The van der Waals surface area contributed by atoms with Gasteiger partial charge in [0.15, 0.2) is 11.7 Å². The second-order valence-electron chi connectivity index (χ2n) is 6.54. The van der Waals surface area contributed by atoms with E-state index in [1.807, 2.05) is 0 Å². The molecule has 2 heterocycles. The van der Waals surface area contributed by atoms with Crippen LogP contribution in [-0.2, 0) is 16.1 Å². The molecule has 4 aromatic rings. The Hall–Kier alpha value is -3.88. The zero-order valence-electron chi connectivity index (χ0n) is 16.4. The summed E-state index contributed by atoms with van der Waals surface area (Å²) in [7, 11) is 1.58. The van der Waals surface area contributed by atoms with E-state index in [0.717, 1.165) is 5.56 Å². The third-order valence-electron chi connectivity index (χ3n) is 4.55. The number of aromatic nitrogens is 3. The van der Waals surface area contributed by atoms with E-state index >= 15 is 0 Å². The third kappa shape index (κ3) is 3.95. The van der Waals surface area contributed by atoms with Gasteiger partial charge in [-0.3, -0.25) is 9.36 Å². The Bertz CT molecular complexity index is 1220. The van der Waals surface area contributed by atoms with E-state index < -0.39 is 17.8 Å². The van der Waals surface area contributed by atoms with Crippen molar-refractivity contribution in [1.82, 2.24) is 14.8 Å². The molecule has 0 N–H and O–H groups in total. The van der Waals surface area contributed by atoms with Gasteiger partial charge in [0.1, 0.15) is 5.75 Å². The molecule has 0 saturated heterocycles. The first-order valence-electron chi connectivity index (χ1n) is 9.31. The predicted molar refractivity (Wildman–Crippen MR) is 106 cm³/mol. The van der Waals surface area contributed by atoms with Crippen molar-refractivity contribution in [1.29, 1.82) is 0 Å². The molecule has 154 valence electrons. The van der Waals surface area contributed by atoms with Gasteiger partial charge in [-0.2, -0.15) is 0 Å². The molecule has 30 heavy (non-hydrogen) atoms. The molecule has 0 amide bonds. The molecule has 0 bridgehead atoms. The van der Waals surface area contributed by atoms with Crippen molar-refractivity contribution in [3.05, 3.63) is 65.0 Å². The summed E-state index contributed by atoms with van der Waals surface area (Å²) in [4.78, 5) is 24.2. The van der Waals surface area contributed by atoms with E-state index in [2.05, 4.69) is 10.2 Å². The Morgan fingerprint density at radius 1 is 1.10 bits per heavy atom. The maximum Gasteiger partial charge on any atom is 0.419 e. The smallest absolute Gasteiger partial charge is 0.419 e. The van der Waals surface area contributed by atoms with Crippen molar-refractivity contribution in [2.75, 3.05) is 7.11 Å². The van der Waals surface area contributed by atoms with E-state index in [9.17, 15) is 9.59 Å². The number of nitrogens with zero attached hydrogens (tertiary/aromatic N) is 3. The number of para-hydroxylation sites is 2. The molecule has 0 aliphatic heterocycles. The summed E-state index contributed by atoms with van der Waals surface area (Å²) in [6.45, 7) is 1.78. The van der Waals surface area contributed by atoms with Gasteiger partial charge in [0.05, 0.1) is 19.0 Å². The fraction of sp³-hybridized carbons (Fsp3) is 0.238. The molecule has 2 aromatic carbocycles. The lowest BCUT2D eigenvalue weighted by Gasteiger charge is -2.09. The van der Waals surface area contributed by atoms with Gasteiger partial charge in [-0.05, 0) is 43.3 Å². The molecular weight excluding hydrogens is 390 g/mol. The predicted octanol–water partition coefficient (Wildman–Crippen LogP) is 3.35. The van der Waals surface area contributed by atoms with Crippen LogP contribution in [0.2, 0.25) is 0 Å². The minimum absolute atomic E-state index is 0.00670. The normalized spacial score (nSPS) is 12.1. The highest BCUT2D eigenvalue weighted by atomic mass is 16.6. The number of benzene rings is 2. The Labute approximate surface area is 170 Å². The summed E-state index contributed by atoms with van der Waals surface area (Å²) in [5.74, 6) is 0.194. The number of carbonyl (C=O) groups excluding carboxylic acids is 1. The van der Waals surface area contributed by atoms with Crippen LogP contribution in [0.25, 0.3) is 22.6 Å². The fourth-order valence-corrected chi connectivity index (χ4v) is 2.98. The number of rotatable bonds is 7. The first-order chi connectivity index (χ1) is 14.5. The van der Waals surface area contributed by atoms with Crippen molar-refractivity contribution < 1.29 is 23.1 Å². The molecule has 9 heteroatoms. The number of hydrogen-bond acceptors (Lipinski definition) is 8. The Morgan fingerprint density at radius 3 is 2.63 bits per heavy atom. The number of oxazole rings is 1. The summed E-state index contributed by atoms with van der Waals surface area (Å²) in [6.07, 6.45) is -0.734. The van der Waals surface area contributed by atoms with Crippen molar-refractivity contribution in [2.45, 2.75) is 26.0 Å². The third-order valence-corrected chi connectivity index (χ3v) is 4.55. The van der Waals surface area contributed by atoms with Crippen molar-refractivity contribution >= 4 is 17.1 Å². The van der Waals surface area contributed by atoms with Crippen LogP contribution in [-0.4, -0.2) is 27.8 Å². The number of methoxy groups -OCH3 is 1. The second-order valence-corrected chi connectivity index (χ2v) is 6.54. The molecule has 0 spiro atoms. The molecular formula is C21H19N3O6. The Morgan fingerprint density at radius 2 is 1.87 bits per heavy atom. The van der Waals surface area contributed by atoms with Crippen LogP contribution in [0.3, 0.4) is 0 Å². The average Bonchev–Trinajstić information content (AvgIpc) is 3.37. The van der Waals surface area contributed by atoms with Crippen LogP contribution in [0, 0.1) is 0 Å². The van der Waals surface area contributed by atoms with Gasteiger partial charge in [0.2, 0.25) is 5.89 Å². The molecule has 9 nitrogen and oxygen atoms in total. The monoisotopic (exact) mass is 409 g/mol. The van der Waals surface area contributed by atoms with E-state index in [1.54, 1.807) is 62.6 Å². The van der Waals surface area contributed by atoms with Crippen LogP contribution >= 0.6 is 0 Å². The van der Waals surface area contributed by atoms with Gasteiger partial charge >= 0.3 is 11.7 Å². The van der Waals surface area contributed by atoms with Crippen LogP contribution < -0.4 is 10.5 Å². The molecule has 0 unspecified atom stereocenters. The number of fused-ring (bicyclic) bond motifs is 1. The van der Waals surface area contributed by atoms with Crippen LogP contribution in [0.5, 0.6) is 5.75 Å². The Balaban J connectivity index is 1.38. The van der Waals surface area contributed by atoms with Gasteiger partial charge in [-0.25, -0.2) is 4.79 Å². The van der Waals surface area contributed by atoms with Crippen LogP contribution in [0.15, 0.2) is 62.2 Å². The van der Waals surface area contributed by atoms with E-state index in [1.165, 1.54) is 4.57 Å². The van der Waals surface area contributed by atoms with Gasteiger partial charge in [0, 0.05) is 12.1 Å². The van der Waals surface area contributed by atoms with Crippen molar-refractivity contribution in [2.24, 2.45) is 0 Å². The van der Waals surface area contributed by atoms with Crippen LogP contribution in [0.1, 0.15) is 25.3 Å². The molecule has 0 saturated carbocycles. The lowest BCUT2D eigenvalue weighted by Crippen LogP contribution is -2.18. The summed E-state index contributed by atoms with van der Waals surface area (Å²) < 4.78 is 22.7. The first-order valence-corrected chi connectivity index (χ1v) is 9.31. The average molecular weight is 409 g/mol. The molecule has 4 rings (SSSR count). The number of ether oxygens (including phenoxy) is 2. The van der Waals surface area contributed by atoms with E-state index in [4.69, 9.17) is 18.3 Å². The molecule has 0 aliphatic rings. The fourth-order valence-electron chi connectivity index (χ4n) is 2.98. The molecule has 0 aliphatic carbocycles. The summed E-state index contributed by atoms with van der Waals surface area (Å²) in [5.41, 5.74) is 1.82. The van der Waals surface area contributed by atoms with Gasteiger partial charge < -0.3 is 18.3 Å². The van der Waals surface area contributed by atoms with Gasteiger partial charge in [0.25, 0.3) is 5.89 Å². The largest absolute Gasteiger partial charge is 0.497 e. The second kappa shape index (κ2) is 8.24. The maximum absolute atomic E-state index is 12.2. The number of hydrogen-bond donors (Lipinski definition) is 0. The number of carbonyl (C=O) groups is 1. The van der Waals surface area contributed by atoms with E-state index in [0.29, 0.717) is 22.7 Å². The van der Waals surface area contributed by atoms with Gasteiger partial charge in [-0.1, -0.05) is 12.1 Å². The SMILES string of the molecule is COc1ccc(-c2nnc([C@@H](C)OC(=O)CCn3c(=O)oc4ccccc43)o2)cc1. The number of aryl methyl sites for hydroxylation is 1. The summed E-state index contributed by atoms with van der Waals surface area (Å²) in [6, 6.07) is 14.2. The van der Waals surface area contributed by atoms with Crippen molar-refractivity contribution in [3.8, 4) is 17.2 Å². The van der Waals surface area contributed by atoms with Crippen molar-refractivity contribution in [3.63, 3.8) is 0 Å². The topological polar surface area (TPSA) is 110 Å². The minimum Gasteiger partial charge on any atom is -0.497 e. The Kier molecular flexibility index (Phi) is 5.34. The molecule has 0 radical (unpaired) electrons. The van der Waals surface area contributed by atoms with E-state index in [-0.39, 0.29) is 18.9 Å². The molecule has 2 aromatic heterocycles. The molecule has 0 fully saturated rings. The highest BCUT2D eigenvalue weighted by Crippen LogP contribution is 2.24. The zero-order valence-corrected chi connectivity index (χ0v) is 16.4. The lowest BCUT2D eigenvalue weighted by molar-refractivity contribution is -0.149. The quantitative estimate of drug-likeness (QED) is 0.428. The highest BCUT2D eigenvalue weighted by Gasteiger charge is 2.20.